The van der Waals surface area contributed by atoms with Gasteiger partial charge in [-0.3, -0.25) is 9.78 Å². The number of carbonyl (C=O) groups is 1. The topological polar surface area (TPSA) is 54.0 Å². The Labute approximate surface area is 102 Å². The van der Waals surface area contributed by atoms with Gasteiger partial charge in [-0.2, -0.15) is 0 Å². The number of nitrogens with zero attached hydrogens (tertiary/aromatic N) is 1. The lowest BCUT2D eigenvalue weighted by atomic mass is 9.88. The van der Waals surface area contributed by atoms with E-state index in [1.54, 1.807) is 0 Å². The molecule has 17 heavy (non-hydrogen) atoms. The van der Waals surface area contributed by atoms with Crippen LogP contribution >= 0.6 is 0 Å². The summed E-state index contributed by atoms with van der Waals surface area (Å²) in [6.07, 6.45) is 0. The van der Waals surface area contributed by atoms with Crippen LogP contribution in [0.1, 0.15) is 18.3 Å². The van der Waals surface area contributed by atoms with Crippen molar-refractivity contribution in [1.82, 2.24) is 10.3 Å². The molecule has 1 aromatic rings. The van der Waals surface area contributed by atoms with Crippen LogP contribution < -0.4 is 10.6 Å². The normalized spacial score (nSPS) is 17.4. The molecule has 0 bridgehead atoms. The monoisotopic (exact) mass is 233 g/mol. The maximum absolute atomic E-state index is 12.0. The minimum Gasteiger partial charge on any atom is -0.324 e. The Hall–Kier alpha value is -1.42. The predicted molar refractivity (Wildman–Crippen MR) is 67.9 cm³/mol. The molecule has 2 rings (SSSR count). The molecule has 2 heterocycles. The van der Waals surface area contributed by atoms with Gasteiger partial charge in [0.2, 0.25) is 5.91 Å². The van der Waals surface area contributed by atoms with Crippen molar-refractivity contribution in [3.05, 3.63) is 23.5 Å². The van der Waals surface area contributed by atoms with E-state index in [4.69, 9.17) is 0 Å². The third kappa shape index (κ3) is 2.64. The highest BCUT2D eigenvalue weighted by Gasteiger charge is 2.28. The maximum atomic E-state index is 12.0. The van der Waals surface area contributed by atoms with Crippen molar-refractivity contribution >= 4 is 11.6 Å². The summed E-state index contributed by atoms with van der Waals surface area (Å²) in [6.45, 7) is 7.73. The molecule has 1 atom stereocenters. The van der Waals surface area contributed by atoms with Gasteiger partial charge in [-0.1, -0.05) is 6.92 Å². The number of nitrogens with one attached hydrogen (secondary N) is 2. The van der Waals surface area contributed by atoms with E-state index >= 15 is 0 Å². The minimum atomic E-state index is 0.0527. The van der Waals surface area contributed by atoms with Gasteiger partial charge < -0.3 is 10.6 Å². The lowest BCUT2D eigenvalue weighted by Gasteiger charge is -2.31. The summed E-state index contributed by atoms with van der Waals surface area (Å²) >= 11 is 0. The molecule has 0 saturated carbocycles. The summed E-state index contributed by atoms with van der Waals surface area (Å²) in [5, 5.41) is 6.14. The van der Waals surface area contributed by atoms with Gasteiger partial charge in [0.1, 0.15) is 0 Å². The SMILES string of the molecule is Cc1ccc(NC(=O)C(C)C2CNC2)c(C)n1. The molecular weight excluding hydrogens is 214 g/mol. The fourth-order valence-corrected chi connectivity index (χ4v) is 1.94. The summed E-state index contributed by atoms with van der Waals surface area (Å²) in [5.74, 6) is 0.607. The number of hydrogen-bond donors (Lipinski definition) is 2. The fraction of sp³-hybridized carbons (Fsp3) is 0.538. The van der Waals surface area contributed by atoms with Crippen molar-refractivity contribution in [3.8, 4) is 0 Å². The molecule has 1 amide bonds. The fourth-order valence-electron chi connectivity index (χ4n) is 1.94. The smallest absolute Gasteiger partial charge is 0.227 e. The van der Waals surface area contributed by atoms with Gasteiger partial charge in [0.15, 0.2) is 0 Å². The molecule has 1 fully saturated rings. The van der Waals surface area contributed by atoms with Crippen molar-refractivity contribution in [2.45, 2.75) is 20.8 Å². The molecular formula is C13H19N3O. The number of aryl methyl sites for hydroxylation is 2. The van der Waals surface area contributed by atoms with Crippen LogP contribution in [0.4, 0.5) is 5.69 Å². The van der Waals surface area contributed by atoms with E-state index in [2.05, 4.69) is 15.6 Å². The van der Waals surface area contributed by atoms with Gasteiger partial charge in [0, 0.05) is 11.6 Å². The zero-order valence-corrected chi connectivity index (χ0v) is 10.6. The molecule has 1 saturated heterocycles. The quantitative estimate of drug-likeness (QED) is 0.831. The Morgan fingerprint density at radius 2 is 2.18 bits per heavy atom. The van der Waals surface area contributed by atoms with E-state index in [0.29, 0.717) is 5.92 Å². The number of pyridine rings is 1. The van der Waals surface area contributed by atoms with E-state index in [0.717, 1.165) is 30.2 Å². The summed E-state index contributed by atoms with van der Waals surface area (Å²) in [4.78, 5) is 16.4. The summed E-state index contributed by atoms with van der Waals surface area (Å²) in [7, 11) is 0. The Balaban J connectivity index is 2.02. The number of hydrogen-bond acceptors (Lipinski definition) is 3. The van der Waals surface area contributed by atoms with Crippen LogP contribution in [0.3, 0.4) is 0 Å². The average Bonchev–Trinajstić information content (AvgIpc) is 2.19. The van der Waals surface area contributed by atoms with Crippen molar-refractivity contribution in [2.75, 3.05) is 18.4 Å². The second-order valence-electron chi connectivity index (χ2n) is 4.78. The van der Waals surface area contributed by atoms with Crippen molar-refractivity contribution in [2.24, 2.45) is 11.8 Å². The van der Waals surface area contributed by atoms with Crippen LogP contribution in [0, 0.1) is 25.7 Å². The Morgan fingerprint density at radius 1 is 1.47 bits per heavy atom. The first-order valence-electron chi connectivity index (χ1n) is 6.03. The van der Waals surface area contributed by atoms with Crippen LogP contribution in [-0.4, -0.2) is 24.0 Å². The summed E-state index contributed by atoms with van der Waals surface area (Å²) in [6, 6.07) is 3.83. The molecule has 0 aromatic carbocycles. The zero-order valence-electron chi connectivity index (χ0n) is 10.6. The number of anilines is 1. The molecule has 0 spiro atoms. The summed E-state index contributed by atoms with van der Waals surface area (Å²) < 4.78 is 0. The molecule has 0 radical (unpaired) electrons. The highest BCUT2D eigenvalue weighted by atomic mass is 16.1. The van der Waals surface area contributed by atoms with Crippen LogP contribution in [0.2, 0.25) is 0 Å². The molecule has 4 nitrogen and oxygen atoms in total. The van der Waals surface area contributed by atoms with Gasteiger partial charge in [0.05, 0.1) is 11.4 Å². The van der Waals surface area contributed by atoms with Gasteiger partial charge >= 0.3 is 0 Å². The first-order valence-corrected chi connectivity index (χ1v) is 6.03. The first-order chi connectivity index (χ1) is 8.08. The van der Waals surface area contributed by atoms with Crippen molar-refractivity contribution in [3.63, 3.8) is 0 Å². The Kier molecular flexibility index (Phi) is 3.43. The second-order valence-corrected chi connectivity index (χ2v) is 4.78. The van der Waals surface area contributed by atoms with Gasteiger partial charge in [0.25, 0.3) is 0 Å². The molecule has 0 aliphatic carbocycles. The third-order valence-corrected chi connectivity index (χ3v) is 3.42. The van der Waals surface area contributed by atoms with E-state index in [1.807, 2.05) is 32.9 Å². The lowest BCUT2D eigenvalue weighted by molar-refractivity contribution is -0.121. The van der Waals surface area contributed by atoms with Crippen LogP contribution in [-0.2, 0) is 4.79 Å². The van der Waals surface area contributed by atoms with E-state index in [-0.39, 0.29) is 11.8 Å². The van der Waals surface area contributed by atoms with Crippen molar-refractivity contribution in [1.29, 1.82) is 0 Å². The van der Waals surface area contributed by atoms with Crippen LogP contribution in [0.15, 0.2) is 12.1 Å². The highest BCUT2D eigenvalue weighted by Crippen LogP contribution is 2.19. The Morgan fingerprint density at radius 3 is 2.71 bits per heavy atom. The molecule has 92 valence electrons. The first kappa shape index (κ1) is 12.0. The number of rotatable bonds is 3. The predicted octanol–water partition coefficient (Wildman–Crippen LogP) is 1.49. The van der Waals surface area contributed by atoms with E-state index < -0.39 is 0 Å². The average molecular weight is 233 g/mol. The highest BCUT2D eigenvalue weighted by molar-refractivity contribution is 5.93. The van der Waals surface area contributed by atoms with Crippen molar-refractivity contribution < 1.29 is 4.79 Å². The second kappa shape index (κ2) is 4.84. The standard InChI is InChI=1S/C13H19N3O/c1-8-4-5-12(10(3)15-8)16-13(17)9(2)11-6-14-7-11/h4-5,9,11,14H,6-7H2,1-3H3,(H,16,17). The summed E-state index contributed by atoms with van der Waals surface area (Å²) in [5.41, 5.74) is 2.66. The van der Waals surface area contributed by atoms with E-state index in [9.17, 15) is 4.79 Å². The van der Waals surface area contributed by atoms with Crippen LogP contribution in [0.25, 0.3) is 0 Å². The minimum absolute atomic E-state index is 0.0527. The molecule has 1 aliphatic heterocycles. The van der Waals surface area contributed by atoms with Gasteiger partial charge in [-0.05, 0) is 45.0 Å². The third-order valence-electron chi connectivity index (χ3n) is 3.42. The zero-order chi connectivity index (χ0) is 12.4. The van der Waals surface area contributed by atoms with E-state index in [1.165, 1.54) is 0 Å². The molecule has 1 aromatic heterocycles. The molecule has 4 heteroatoms. The number of amides is 1. The maximum Gasteiger partial charge on any atom is 0.227 e. The molecule has 1 aliphatic rings. The Bertz CT molecular complexity index is 427. The number of carbonyl (C=O) groups excluding carboxylic acids is 1. The molecule has 2 N–H and O–H groups in total. The largest absolute Gasteiger partial charge is 0.324 e. The molecule has 1 unspecified atom stereocenters. The van der Waals surface area contributed by atoms with Crippen LogP contribution in [0.5, 0.6) is 0 Å². The van der Waals surface area contributed by atoms with Gasteiger partial charge in [-0.25, -0.2) is 0 Å². The lowest BCUT2D eigenvalue weighted by Crippen LogP contribution is -2.48. The number of aromatic nitrogens is 1. The van der Waals surface area contributed by atoms with Gasteiger partial charge in [-0.15, -0.1) is 0 Å².